The highest BCUT2D eigenvalue weighted by Gasteiger charge is 2.06. The van der Waals surface area contributed by atoms with Crippen LogP contribution in [0.1, 0.15) is 37.4 Å². The number of nitrogens with one attached hydrogen (secondary N) is 1. The Hall–Kier alpha value is -1.68. The van der Waals surface area contributed by atoms with Crippen LogP contribution in [0.4, 0.5) is 0 Å². The Morgan fingerprint density at radius 2 is 2.05 bits per heavy atom. The molecule has 1 heterocycles. The van der Waals surface area contributed by atoms with Crippen molar-refractivity contribution in [3.63, 3.8) is 0 Å². The molecule has 0 aliphatic rings. The number of nitrogens with zero attached hydrogens (tertiary/aromatic N) is 1. The van der Waals surface area contributed by atoms with Gasteiger partial charge in [0.05, 0.1) is 12.2 Å². The minimum Gasteiger partial charge on any atom is -0.350 e. The van der Waals surface area contributed by atoms with E-state index in [-0.39, 0.29) is 5.91 Å². The fourth-order valence-corrected chi connectivity index (χ4v) is 2.66. The SMILES string of the molecule is CCCCC(=O)NCc1csc(-c2ccc(C)cc2)n1. The van der Waals surface area contributed by atoms with Gasteiger partial charge in [0.25, 0.3) is 0 Å². The number of hydrogen-bond acceptors (Lipinski definition) is 3. The van der Waals surface area contributed by atoms with Crippen LogP contribution in [-0.2, 0) is 11.3 Å². The average molecular weight is 288 g/mol. The van der Waals surface area contributed by atoms with Crippen molar-refractivity contribution in [2.24, 2.45) is 0 Å². The lowest BCUT2D eigenvalue weighted by atomic mass is 10.2. The third-order valence-electron chi connectivity index (χ3n) is 3.07. The van der Waals surface area contributed by atoms with Crippen molar-refractivity contribution in [1.29, 1.82) is 0 Å². The lowest BCUT2D eigenvalue weighted by Crippen LogP contribution is -2.22. The van der Waals surface area contributed by atoms with Gasteiger partial charge in [0.2, 0.25) is 5.91 Å². The number of benzene rings is 1. The predicted octanol–water partition coefficient (Wildman–Crippen LogP) is 3.92. The standard InChI is InChI=1S/C16H20N2OS/c1-3-4-5-15(19)17-10-14-11-20-16(18-14)13-8-6-12(2)7-9-13/h6-9,11H,3-5,10H2,1-2H3,(H,17,19). The lowest BCUT2D eigenvalue weighted by molar-refractivity contribution is -0.121. The highest BCUT2D eigenvalue weighted by molar-refractivity contribution is 7.13. The van der Waals surface area contributed by atoms with Crippen LogP contribution in [0.2, 0.25) is 0 Å². The second kappa shape index (κ2) is 7.20. The molecule has 1 amide bonds. The molecule has 1 N–H and O–H groups in total. The van der Waals surface area contributed by atoms with E-state index in [0.29, 0.717) is 13.0 Å². The van der Waals surface area contributed by atoms with Crippen molar-refractivity contribution in [3.05, 3.63) is 40.9 Å². The van der Waals surface area contributed by atoms with Crippen molar-refractivity contribution in [3.8, 4) is 10.6 Å². The normalized spacial score (nSPS) is 10.5. The molecule has 0 radical (unpaired) electrons. The molecule has 0 spiro atoms. The van der Waals surface area contributed by atoms with Crippen LogP contribution < -0.4 is 5.32 Å². The number of hydrogen-bond donors (Lipinski definition) is 1. The summed E-state index contributed by atoms with van der Waals surface area (Å²) in [7, 11) is 0. The zero-order valence-electron chi connectivity index (χ0n) is 12.0. The fourth-order valence-electron chi connectivity index (χ4n) is 1.83. The maximum atomic E-state index is 11.6. The monoisotopic (exact) mass is 288 g/mol. The molecule has 0 unspecified atom stereocenters. The Morgan fingerprint density at radius 1 is 1.30 bits per heavy atom. The van der Waals surface area contributed by atoms with Crippen LogP contribution in [-0.4, -0.2) is 10.9 Å². The van der Waals surface area contributed by atoms with Gasteiger partial charge in [0.15, 0.2) is 0 Å². The largest absolute Gasteiger partial charge is 0.350 e. The van der Waals surface area contributed by atoms with Gasteiger partial charge in [0, 0.05) is 17.4 Å². The summed E-state index contributed by atoms with van der Waals surface area (Å²) in [6.45, 7) is 4.68. The second-order valence-electron chi connectivity index (χ2n) is 4.89. The van der Waals surface area contributed by atoms with E-state index < -0.39 is 0 Å². The molecule has 0 atom stereocenters. The topological polar surface area (TPSA) is 42.0 Å². The van der Waals surface area contributed by atoms with E-state index in [4.69, 9.17) is 0 Å². The Balaban J connectivity index is 1.92. The number of thiazole rings is 1. The van der Waals surface area contributed by atoms with E-state index in [9.17, 15) is 4.79 Å². The molecule has 0 saturated carbocycles. The molecule has 0 saturated heterocycles. The first-order valence-corrected chi connectivity index (χ1v) is 7.85. The molecule has 106 valence electrons. The Bertz CT molecular complexity index is 560. The van der Waals surface area contributed by atoms with Crippen molar-refractivity contribution < 1.29 is 4.79 Å². The summed E-state index contributed by atoms with van der Waals surface area (Å²) in [6, 6.07) is 8.33. The van der Waals surface area contributed by atoms with Crippen LogP contribution in [0.3, 0.4) is 0 Å². The van der Waals surface area contributed by atoms with Crippen LogP contribution in [0.25, 0.3) is 10.6 Å². The van der Waals surface area contributed by atoms with E-state index in [0.717, 1.165) is 29.1 Å². The molecule has 4 heteroatoms. The van der Waals surface area contributed by atoms with Crippen LogP contribution in [0.5, 0.6) is 0 Å². The summed E-state index contributed by atoms with van der Waals surface area (Å²) in [5.41, 5.74) is 3.30. The summed E-state index contributed by atoms with van der Waals surface area (Å²) in [5.74, 6) is 0.108. The fraction of sp³-hybridized carbons (Fsp3) is 0.375. The minimum atomic E-state index is 0.108. The van der Waals surface area contributed by atoms with Gasteiger partial charge < -0.3 is 5.32 Å². The van der Waals surface area contributed by atoms with E-state index in [2.05, 4.69) is 48.4 Å². The first-order valence-electron chi connectivity index (χ1n) is 6.97. The maximum absolute atomic E-state index is 11.6. The highest BCUT2D eigenvalue weighted by atomic mass is 32.1. The Morgan fingerprint density at radius 3 is 2.75 bits per heavy atom. The number of carbonyl (C=O) groups excluding carboxylic acids is 1. The van der Waals surface area contributed by atoms with Gasteiger partial charge in [-0.25, -0.2) is 4.98 Å². The minimum absolute atomic E-state index is 0.108. The molecule has 3 nitrogen and oxygen atoms in total. The Kier molecular flexibility index (Phi) is 5.30. The van der Waals surface area contributed by atoms with E-state index >= 15 is 0 Å². The average Bonchev–Trinajstić information content (AvgIpc) is 2.92. The second-order valence-corrected chi connectivity index (χ2v) is 5.75. The molecule has 2 aromatic rings. The van der Waals surface area contributed by atoms with Gasteiger partial charge >= 0.3 is 0 Å². The lowest BCUT2D eigenvalue weighted by Gasteiger charge is -2.02. The summed E-state index contributed by atoms with van der Waals surface area (Å²) in [4.78, 5) is 16.1. The highest BCUT2D eigenvalue weighted by Crippen LogP contribution is 2.23. The number of aryl methyl sites for hydroxylation is 1. The van der Waals surface area contributed by atoms with Crippen LogP contribution in [0.15, 0.2) is 29.6 Å². The number of amides is 1. The van der Waals surface area contributed by atoms with Crippen molar-refractivity contribution in [1.82, 2.24) is 10.3 Å². The van der Waals surface area contributed by atoms with Crippen molar-refractivity contribution in [2.75, 3.05) is 0 Å². The summed E-state index contributed by atoms with van der Waals surface area (Å²) >= 11 is 1.62. The first kappa shape index (κ1) is 14.7. The molecule has 0 aliphatic carbocycles. The summed E-state index contributed by atoms with van der Waals surface area (Å²) in [5, 5.41) is 5.92. The van der Waals surface area contributed by atoms with Crippen molar-refractivity contribution >= 4 is 17.2 Å². The third kappa shape index (κ3) is 4.17. The zero-order chi connectivity index (χ0) is 14.4. The molecule has 0 fully saturated rings. The van der Waals surface area contributed by atoms with E-state index in [1.54, 1.807) is 11.3 Å². The molecule has 1 aromatic heterocycles. The van der Waals surface area contributed by atoms with Gasteiger partial charge in [-0.3, -0.25) is 4.79 Å². The molecular weight excluding hydrogens is 268 g/mol. The number of rotatable bonds is 6. The molecule has 20 heavy (non-hydrogen) atoms. The number of aromatic nitrogens is 1. The quantitative estimate of drug-likeness (QED) is 0.875. The third-order valence-corrected chi connectivity index (χ3v) is 4.01. The van der Waals surface area contributed by atoms with Crippen LogP contribution >= 0.6 is 11.3 Å². The molecule has 0 aliphatic heterocycles. The van der Waals surface area contributed by atoms with Gasteiger partial charge in [-0.15, -0.1) is 11.3 Å². The molecule has 2 rings (SSSR count). The van der Waals surface area contributed by atoms with Gasteiger partial charge in [0.1, 0.15) is 5.01 Å². The predicted molar refractivity (Wildman–Crippen MR) is 83.7 cm³/mol. The van der Waals surface area contributed by atoms with E-state index in [1.807, 2.05) is 5.38 Å². The summed E-state index contributed by atoms with van der Waals surface area (Å²) < 4.78 is 0. The number of unbranched alkanes of at least 4 members (excludes halogenated alkanes) is 1. The molecular formula is C16H20N2OS. The Labute approximate surface area is 124 Å². The number of carbonyl (C=O) groups is 1. The van der Waals surface area contributed by atoms with Gasteiger partial charge in [-0.2, -0.15) is 0 Å². The molecule has 1 aromatic carbocycles. The van der Waals surface area contributed by atoms with Crippen molar-refractivity contribution in [2.45, 2.75) is 39.7 Å². The van der Waals surface area contributed by atoms with Gasteiger partial charge in [-0.1, -0.05) is 43.2 Å². The first-order chi connectivity index (χ1) is 9.69. The smallest absolute Gasteiger partial charge is 0.220 e. The van der Waals surface area contributed by atoms with Crippen LogP contribution in [0, 0.1) is 6.92 Å². The molecule has 0 bridgehead atoms. The van der Waals surface area contributed by atoms with Gasteiger partial charge in [-0.05, 0) is 13.3 Å². The summed E-state index contributed by atoms with van der Waals surface area (Å²) in [6.07, 6.45) is 2.59. The van der Waals surface area contributed by atoms with E-state index in [1.165, 1.54) is 5.56 Å². The maximum Gasteiger partial charge on any atom is 0.220 e. The zero-order valence-corrected chi connectivity index (χ0v) is 12.8.